The molecule has 1 amide bonds. The Morgan fingerprint density at radius 2 is 2.11 bits per heavy atom. The highest BCUT2D eigenvalue weighted by atomic mass is 16.6. The fourth-order valence-electron chi connectivity index (χ4n) is 4.08. The Hall–Kier alpha value is -2.19. The number of nitro benzene ring substituents is 1. The molecule has 2 aliphatic rings. The fraction of sp³-hybridized carbons (Fsp3) is 0.632. The topological polar surface area (TPSA) is 88.0 Å². The summed E-state index contributed by atoms with van der Waals surface area (Å²) in [5.74, 6) is -0.129. The maximum absolute atomic E-state index is 13.0. The third kappa shape index (κ3) is 4.39. The Balaban J connectivity index is 1.73. The van der Waals surface area contributed by atoms with Crippen LogP contribution in [0.15, 0.2) is 18.2 Å². The normalized spacial score (nSPS) is 23.0. The van der Waals surface area contributed by atoms with Crippen molar-refractivity contribution >= 4 is 17.3 Å². The highest BCUT2D eigenvalue weighted by Gasteiger charge is 2.37. The van der Waals surface area contributed by atoms with Crippen molar-refractivity contribution in [3.63, 3.8) is 0 Å². The summed E-state index contributed by atoms with van der Waals surface area (Å²) in [7, 11) is 1.57. The van der Waals surface area contributed by atoms with E-state index in [1.54, 1.807) is 19.2 Å². The summed E-state index contributed by atoms with van der Waals surface area (Å²) in [5.41, 5.74) is 0.686. The van der Waals surface area contributed by atoms with E-state index in [1.807, 2.05) is 4.90 Å². The van der Waals surface area contributed by atoms with Crippen LogP contribution in [0, 0.1) is 10.1 Å². The van der Waals surface area contributed by atoms with Gasteiger partial charge in [-0.15, -0.1) is 0 Å². The minimum absolute atomic E-state index is 0.0834. The number of rotatable bonds is 7. The number of ether oxygens (including phenoxy) is 1. The second kappa shape index (κ2) is 8.67. The molecule has 0 aromatic heterocycles. The van der Waals surface area contributed by atoms with Crippen LogP contribution in [0.5, 0.6) is 0 Å². The Kier molecular flexibility index (Phi) is 6.28. The minimum Gasteiger partial charge on any atom is -0.383 e. The van der Waals surface area contributed by atoms with E-state index in [4.69, 9.17) is 4.74 Å². The van der Waals surface area contributed by atoms with Gasteiger partial charge in [-0.2, -0.15) is 0 Å². The molecule has 8 nitrogen and oxygen atoms in total. The van der Waals surface area contributed by atoms with Crippen LogP contribution in [0.1, 0.15) is 36.5 Å². The predicted molar refractivity (Wildman–Crippen MR) is 103 cm³/mol. The number of nitrogens with zero attached hydrogens (tertiary/aromatic N) is 3. The van der Waals surface area contributed by atoms with Crippen molar-refractivity contribution in [2.24, 2.45) is 0 Å². The highest BCUT2D eigenvalue weighted by Crippen LogP contribution is 2.29. The van der Waals surface area contributed by atoms with Crippen molar-refractivity contribution in [3.05, 3.63) is 33.9 Å². The molecular weight excluding hydrogens is 348 g/mol. The molecule has 2 saturated heterocycles. The number of carbonyl (C=O) groups is 1. The lowest BCUT2D eigenvalue weighted by atomic mass is 10.1. The number of nitrogens with one attached hydrogen (secondary N) is 1. The number of benzene rings is 1. The molecule has 2 fully saturated rings. The smallest absolute Gasteiger partial charge is 0.293 e. The molecule has 1 aromatic carbocycles. The summed E-state index contributed by atoms with van der Waals surface area (Å²) in [5, 5.41) is 14.4. The van der Waals surface area contributed by atoms with Gasteiger partial charge in [0, 0.05) is 43.9 Å². The number of methoxy groups -OCH3 is 1. The maximum Gasteiger partial charge on any atom is 0.293 e. The molecule has 0 aliphatic carbocycles. The van der Waals surface area contributed by atoms with Crippen molar-refractivity contribution in [1.82, 2.24) is 9.80 Å². The molecule has 8 heteroatoms. The molecule has 3 rings (SSSR count). The molecule has 0 spiro atoms. The number of anilines is 1. The van der Waals surface area contributed by atoms with Crippen molar-refractivity contribution < 1.29 is 14.5 Å². The molecular formula is C19H28N4O4. The van der Waals surface area contributed by atoms with E-state index < -0.39 is 4.92 Å². The van der Waals surface area contributed by atoms with E-state index in [2.05, 4.69) is 17.1 Å². The second-order valence-corrected chi connectivity index (χ2v) is 7.35. The van der Waals surface area contributed by atoms with Gasteiger partial charge in [-0.1, -0.05) is 0 Å². The van der Waals surface area contributed by atoms with E-state index in [-0.39, 0.29) is 17.6 Å². The van der Waals surface area contributed by atoms with Gasteiger partial charge in [0.2, 0.25) is 0 Å². The first-order chi connectivity index (χ1) is 13.0. The van der Waals surface area contributed by atoms with Crippen LogP contribution in [0.25, 0.3) is 0 Å². The summed E-state index contributed by atoms with van der Waals surface area (Å²) in [6.45, 7) is 5.87. The van der Waals surface area contributed by atoms with Crippen LogP contribution >= 0.6 is 0 Å². The molecule has 0 bridgehead atoms. The summed E-state index contributed by atoms with van der Waals surface area (Å²) in [4.78, 5) is 28.3. The summed E-state index contributed by atoms with van der Waals surface area (Å²) in [6.07, 6.45) is 3.41. The highest BCUT2D eigenvalue weighted by molar-refractivity contribution is 5.96. The molecule has 0 unspecified atom stereocenters. The number of hydrogen-bond donors (Lipinski definition) is 1. The van der Waals surface area contributed by atoms with Crippen molar-refractivity contribution in [2.75, 3.05) is 45.2 Å². The lowest BCUT2D eigenvalue weighted by Crippen LogP contribution is -2.38. The van der Waals surface area contributed by atoms with Gasteiger partial charge in [0.1, 0.15) is 5.69 Å². The summed E-state index contributed by atoms with van der Waals surface area (Å²) in [6, 6.07) is 5.20. The minimum atomic E-state index is -0.452. The molecule has 0 saturated carbocycles. The Bertz CT molecular complexity index is 690. The number of amides is 1. The number of carbonyl (C=O) groups excluding carboxylic acids is 1. The fourth-order valence-corrected chi connectivity index (χ4v) is 4.08. The van der Waals surface area contributed by atoms with E-state index in [0.29, 0.717) is 37.0 Å². The Morgan fingerprint density at radius 3 is 2.78 bits per heavy atom. The van der Waals surface area contributed by atoms with Crippen LogP contribution in [0.4, 0.5) is 11.4 Å². The average Bonchev–Trinajstić information content (AvgIpc) is 3.31. The first-order valence-corrected chi connectivity index (χ1v) is 9.57. The van der Waals surface area contributed by atoms with Gasteiger partial charge in [-0.05, 0) is 51.4 Å². The zero-order valence-electron chi connectivity index (χ0n) is 16.0. The van der Waals surface area contributed by atoms with Gasteiger partial charge in [0.15, 0.2) is 0 Å². The van der Waals surface area contributed by atoms with E-state index in [1.165, 1.54) is 18.9 Å². The Labute approximate surface area is 159 Å². The van der Waals surface area contributed by atoms with Crippen LogP contribution in [0.3, 0.4) is 0 Å². The quantitative estimate of drug-likeness (QED) is 0.446. The first kappa shape index (κ1) is 19.6. The molecule has 0 radical (unpaired) electrons. The van der Waals surface area contributed by atoms with Gasteiger partial charge in [0.05, 0.1) is 11.5 Å². The third-order valence-electron chi connectivity index (χ3n) is 5.53. The van der Waals surface area contributed by atoms with Crippen molar-refractivity contribution in [3.8, 4) is 0 Å². The van der Waals surface area contributed by atoms with Gasteiger partial charge in [-0.25, -0.2) is 0 Å². The zero-order valence-corrected chi connectivity index (χ0v) is 16.0. The zero-order chi connectivity index (χ0) is 19.4. The molecule has 1 aromatic rings. The predicted octanol–water partition coefficient (Wildman–Crippen LogP) is 2.35. The lowest BCUT2D eigenvalue weighted by molar-refractivity contribution is -0.384. The van der Waals surface area contributed by atoms with E-state index in [0.717, 1.165) is 19.5 Å². The summed E-state index contributed by atoms with van der Waals surface area (Å²) >= 11 is 0. The van der Waals surface area contributed by atoms with Crippen LogP contribution in [-0.4, -0.2) is 72.6 Å². The van der Waals surface area contributed by atoms with Crippen LogP contribution in [0.2, 0.25) is 0 Å². The van der Waals surface area contributed by atoms with E-state index >= 15 is 0 Å². The second-order valence-electron chi connectivity index (χ2n) is 7.35. The molecule has 148 valence electrons. The lowest BCUT2D eigenvalue weighted by Gasteiger charge is -2.24. The molecule has 2 heterocycles. The van der Waals surface area contributed by atoms with Crippen molar-refractivity contribution in [2.45, 2.75) is 38.3 Å². The monoisotopic (exact) mass is 376 g/mol. The SMILES string of the molecule is COCCNc1ccc(C(=O)N2C[C@H](N3CCCC3)C[C@H]2C)cc1[N+](=O)[O-]. The third-order valence-corrected chi connectivity index (χ3v) is 5.53. The van der Waals surface area contributed by atoms with Crippen LogP contribution < -0.4 is 5.32 Å². The van der Waals surface area contributed by atoms with Gasteiger partial charge in [-0.3, -0.25) is 19.8 Å². The average molecular weight is 376 g/mol. The van der Waals surface area contributed by atoms with Crippen LogP contribution in [-0.2, 0) is 4.74 Å². The molecule has 2 aliphatic heterocycles. The van der Waals surface area contributed by atoms with Crippen molar-refractivity contribution in [1.29, 1.82) is 0 Å². The molecule has 1 N–H and O–H groups in total. The van der Waals surface area contributed by atoms with E-state index in [9.17, 15) is 14.9 Å². The summed E-state index contributed by atoms with van der Waals surface area (Å²) < 4.78 is 4.96. The van der Waals surface area contributed by atoms with Gasteiger partial charge >= 0.3 is 0 Å². The van der Waals surface area contributed by atoms with Gasteiger partial charge < -0.3 is 15.0 Å². The largest absolute Gasteiger partial charge is 0.383 e. The maximum atomic E-state index is 13.0. The molecule has 2 atom stereocenters. The standard InChI is InChI=1S/C19H28N4O4/c1-14-11-16(21-8-3-4-9-21)13-22(14)19(24)15-5-6-17(20-7-10-27-2)18(12-15)23(25)26/h5-6,12,14,16,20H,3-4,7-11,13H2,1-2H3/t14-,16-/m1/s1. The number of likely N-dealkylation sites (tertiary alicyclic amines) is 2. The molecule has 27 heavy (non-hydrogen) atoms. The first-order valence-electron chi connectivity index (χ1n) is 9.57. The van der Waals surface area contributed by atoms with Gasteiger partial charge in [0.25, 0.3) is 11.6 Å². The Morgan fingerprint density at radius 1 is 1.37 bits per heavy atom. The number of hydrogen-bond acceptors (Lipinski definition) is 6. The number of nitro groups is 1.